The molecule has 1 amide bonds. The average Bonchev–Trinajstić information content (AvgIpc) is 3.03. The zero-order valence-corrected chi connectivity index (χ0v) is 16.2. The number of nitrogens with zero attached hydrogens (tertiary/aromatic N) is 3. The van der Waals surface area contributed by atoms with E-state index in [1.807, 2.05) is 31.7 Å². The predicted molar refractivity (Wildman–Crippen MR) is 101 cm³/mol. The van der Waals surface area contributed by atoms with E-state index >= 15 is 0 Å². The summed E-state index contributed by atoms with van der Waals surface area (Å²) in [6.07, 6.45) is 0.325. The molecule has 27 heavy (non-hydrogen) atoms. The summed E-state index contributed by atoms with van der Waals surface area (Å²) in [6, 6.07) is 6.21. The van der Waals surface area contributed by atoms with Crippen molar-refractivity contribution in [1.82, 2.24) is 15.5 Å². The highest BCUT2D eigenvalue weighted by molar-refractivity contribution is 5.80. The molecule has 7 nitrogen and oxygen atoms in total. The van der Waals surface area contributed by atoms with Gasteiger partial charge in [0.15, 0.2) is 5.96 Å². The Labute approximate surface area is 159 Å². The second-order valence-corrected chi connectivity index (χ2v) is 7.40. The van der Waals surface area contributed by atoms with Crippen molar-refractivity contribution >= 4 is 12.1 Å². The number of carbonyl (C=O) groups excluding carboxylic acids is 1. The standard InChI is InChI=1S/C19H26FN5O2/c1-19(2,3)27-18(26)24-15-7-8-25(12-15)17(22-4)23-11-14-9-13(10-21)5-6-16(14)20/h5-6,9,15H,7-8,11-12H2,1-4H3,(H,22,23)(H,24,26). The van der Waals surface area contributed by atoms with Crippen LogP contribution in [0.4, 0.5) is 9.18 Å². The minimum absolute atomic E-state index is 0.0444. The molecular formula is C19H26FN5O2. The van der Waals surface area contributed by atoms with E-state index in [9.17, 15) is 9.18 Å². The van der Waals surface area contributed by atoms with E-state index in [0.29, 0.717) is 30.2 Å². The fourth-order valence-electron chi connectivity index (χ4n) is 2.83. The number of guanidine groups is 1. The molecule has 1 aliphatic rings. The van der Waals surface area contributed by atoms with Crippen molar-refractivity contribution in [2.24, 2.45) is 4.99 Å². The van der Waals surface area contributed by atoms with E-state index < -0.39 is 11.7 Å². The number of benzene rings is 1. The minimum Gasteiger partial charge on any atom is -0.444 e. The van der Waals surface area contributed by atoms with Gasteiger partial charge in [-0.3, -0.25) is 4.99 Å². The first-order valence-corrected chi connectivity index (χ1v) is 8.85. The van der Waals surface area contributed by atoms with Crippen LogP contribution in [0.1, 0.15) is 38.3 Å². The van der Waals surface area contributed by atoms with Crippen LogP contribution in [0.15, 0.2) is 23.2 Å². The summed E-state index contributed by atoms with van der Waals surface area (Å²) in [4.78, 5) is 18.1. The fourth-order valence-corrected chi connectivity index (χ4v) is 2.83. The highest BCUT2D eigenvalue weighted by Crippen LogP contribution is 2.13. The van der Waals surface area contributed by atoms with Gasteiger partial charge in [-0.15, -0.1) is 0 Å². The van der Waals surface area contributed by atoms with Crippen molar-refractivity contribution in [3.8, 4) is 6.07 Å². The van der Waals surface area contributed by atoms with Crippen molar-refractivity contribution in [2.45, 2.75) is 45.4 Å². The molecule has 1 saturated heterocycles. The molecule has 1 aliphatic heterocycles. The zero-order valence-electron chi connectivity index (χ0n) is 16.2. The van der Waals surface area contributed by atoms with Gasteiger partial charge in [0.05, 0.1) is 17.7 Å². The van der Waals surface area contributed by atoms with E-state index in [4.69, 9.17) is 10.00 Å². The van der Waals surface area contributed by atoms with Gasteiger partial charge in [0.2, 0.25) is 0 Å². The smallest absolute Gasteiger partial charge is 0.407 e. The van der Waals surface area contributed by atoms with Gasteiger partial charge >= 0.3 is 6.09 Å². The number of nitriles is 1. The first-order valence-electron chi connectivity index (χ1n) is 8.85. The van der Waals surface area contributed by atoms with Crippen LogP contribution in [0.2, 0.25) is 0 Å². The van der Waals surface area contributed by atoms with Crippen LogP contribution in [-0.4, -0.2) is 48.7 Å². The van der Waals surface area contributed by atoms with Crippen molar-refractivity contribution < 1.29 is 13.9 Å². The lowest BCUT2D eigenvalue weighted by Gasteiger charge is -2.23. The number of ether oxygens (including phenoxy) is 1. The maximum atomic E-state index is 13.9. The van der Waals surface area contributed by atoms with Gasteiger partial charge in [0.25, 0.3) is 0 Å². The monoisotopic (exact) mass is 375 g/mol. The molecule has 2 rings (SSSR count). The maximum Gasteiger partial charge on any atom is 0.407 e. The molecule has 2 N–H and O–H groups in total. The molecule has 1 unspecified atom stereocenters. The largest absolute Gasteiger partial charge is 0.444 e. The second kappa shape index (κ2) is 8.71. The molecule has 1 fully saturated rings. The third-order valence-corrected chi connectivity index (χ3v) is 4.03. The number of carbonyl (C=O) groups is 1. The van der Waals surface area contributed by atoms with Crippen molar-refractivity contribution in [2.75, 3.05) is 20.1 Å². The van der Waals surface area contributed by atoms with Crippen molar-refractivity contribution in [3.05, 3.63) is 35.1 Å². The summed E-state index contributed by atoms with van der Waals surface area (Å²) >= 11 is 0. The quantitative estimate of drug-likeness (QED) is 0.625. The van der Waals surface area contributed by atoms with Crippen LogP contribution in [0.5, 0.6) is 0 Å². The lowest BCUT2D eigenvalue weighted by atomic mass is 10.1. The Morgan fingerprint density at radius 3 is 2.85 bits per heavy atom. The Morgan fingerprint density at radius 2 is 2.22 bits per heavy atom. The van der Waals surface area contributed by atoms with Crippen molar-refractivity contribution in [3.63, 3.8) is 0 Å². The van der Waals surface area contributed by atoms with Crippen LogP contribution in [-0.2, 0) is 11.3 Å². The number of halogens is 1. The minimum atomic E-state index is -0.540. The summed E-state index contributed by atoms with van der Waals surface area (Å²) in [6.45, 7) is 6.97. The van der Waals surface area contributed by atoms with E-state index in [1.54, 1.807) is 7.05 Å². The van der Waals surface area contributed by atoms with Crippen LogP contribution in [0, 0.1) is 17.1 Å². The maximum absolute atomic E-state index is 13.9. The molecule has 1 heterocycles. The Bertz CT molecular complexity index is 751. The van der Waals surface area contributed by atoms with Gasteiger partial charge in [0.1, 0.15) is 11.4 Å². The summed E-state index contributed by atoms with van der Waals surface area (Å²) in [5.41, 5.74) is 0.269. The van der Waals surface area contributed by atoms with Gasteiger partial charge in [-0.2, -0.15) is 5.26 Å². The number of likely N-dealkylation sites (tertiary alicyclic amines) is 1. The molecule has 0 spiro atoms. The molecule has 0 aliphatic carbocycles. The molecule has 0 saturated carbocycles. The van der Waals surface area contributed by atoms with E-state index in [1.165, 1.54) is 18.2 Å². The average molecular weight is 375 g/mol. The molecule has 1 aromatic rings. The van der Waals surface area contributed by atoms with Gasteiger partial charge in [-0.1, -0.05) is 0 Å². The summed E-state index contributed by atoms with van der Waals surface area (Å²) < 4.78 is 19.2. The third kappa shape index (κ3) is 6.13. The molecule has 146 valence electrons. The van der Waals surface area contributed by atoms with E-state index in [-0.39, 0.29) is 18.4 Å². The lowest BCUT2D eigenvalue weighted by Crippen LogP contribution is -2.44. The van der Waals surface area contributed by atoms with Crippen LogP contribution in [0.25, 0.3) is 0 Å². The van der Waals surface area contributed by atoms with Gasteiger partial charge in [-0.25, -0.2) is 9.18 Å². The Morgan fingerprint density at radius 1 is 1.48 bits per heavy atom. The normalized spacial score (nSPS) is 17.4. The summed E-state index contributed by atoms with van der Waals surface area (Å²) in [5, 5.41) is 14.9. The Kier molecular flexibility index (Phi) is 6.61. The second-order valence-electron chi connectivity index (χ2n) is 7.40. The van der Waals surface area contributed by atoms with Crippen LogP contribution < -0.4 is 10.6 Å². The highest BCUT2D eigenvalue weighted by Gasteiger charge is 2.27. The molecular weight excluding hydrogens is 349 g/mol. The SMILES string of the molecule is CN=C(NCc1cc(C#N)ccc1F)N1CCC(NC(=O)OC(C)(C)C)C1. The third-order valence-electron chi connectivity index (χ3n) is 4.03. The Balaban J connectivity index is 1.90. The molecule has 8 heteroatoms. The molecule has 0 aromatic heterocycles. The zero-order chi connectivity index (χ0) is 20.0. The lowest BCUT2D eigenvalue weighted by molar-refractivity contribution is 0.0507. The number of nitrogens with one attached hydrogen (secondary N) is 2. The van der Waals surface area contributed by atoms with Crippen LogP contribution >= 0.6 is 0 Å². The molecule has 0 bridgehead atoms. The first kappa shape index (κ1) is 20.5. The number of amides is 1. The summed E-state index contributed by atoms with van der Waals surface area (Å²) in [5.74, 6) is 0.244. The number of rotatable bonds is 3. The Hall–Kier alpha value is -2.82. The highest BCUT2D eigenvalue weighted by atomic mass is 19.1. The van der Waals surface area contributed by atoms with Crippen molar-refractivity contribution in [1.29, 1.82) is 5.26 Å². The number of hydrogen-bond acceptors (Lipinski definition) is 4. The number of aliphatic imine (C=N–C) groups is 1. The number of alkyl carbamates (subject to hydrolysis) is 1. The predicted octanol–water partition coefficient (Wildman–Crippen LogP) is 2.37. The fraction of sp³-hybridized carbons (Fsp3) is 0.526. The van der Waals surface area contributed by atoms with E-state index in [2.05, 4.69) is 15.6 Å². The van der Waals surface area contributed by atoms with Gasteiger partial charge in [-0.05, 0) is 45.4 Å². The topological polar surface area (TPSA) is 89.8 Å². The first-order chi connectivity index (χ1) is 12.7. The van der Waals surface area contributed by atoms with Crippen LogP contribution in [0.3, 0.4) is 0 Å². The molecule has 0 radical (unpaired) electrons. The summed E-state index contributed by atoms with van der Waals surface area (Å²) in [7, 11) is 1.65. The molecule has 1 atom stereocenters. The molecule has 1 aromatic carbocycles. The number of hydrogen-bond donors (Lipinski definition) is 2. The van der Waals surface area contributed by atoms with Gasteiger partial charge < -0.3 is 20.3 Å². The van der Waals surface area contributed by atoms with Gasteiger partial charge in [0, 0.05) is 32.2 Å². The van der Waals surface area contributed by atoms with E-state index in [0.717, 1.165) is 6.42 Å².